The summed E-state index contributed by atoms with van der Waals surface area (Å²) in [5.41, 5.74) is 10.4. The lowest BCUT2D eigenvalue weighted by molar-refractivity contribution is -0.111. The van der Waals surface area contributed by atoms with Gasteiger partial charge in [-0.2, -0.15) is 5.10 Å². The van der Waals surface area contributed by atoms with Crippen molar-refractivity contribution in [1.29, 1.82) is 0 Å². The van der Waals surface area contributed by atoms with Crippen LogP contribution < -0.4 is 15.8 Å². The highest BCUT2D eigenvalue weighted by atomic mass is 32.1. The Labute approximate surface area is 199 Å². The average molecular weight is 471 g/mol. The lowest BCUT2D eigenvalue weighted by atomic mass is 10.1. The summed E-state index contributed by atoms with van der Waals surface area (Å²) in [5.74, 6) is 0.941. The van der Waals surface area contributed by atoms with Crippen LogP contribution in [-0.2, 0) is 11.3 Å². The highest BCUT2D eigenvalue weighted by molar-refractivity contribution is 7.22. The molecule has 0 bridgehead atoms. The summed E-state index contributed by atoms with van der Waals surface area (Å²) in [7, 11) is 1.68. The van der Waals surface area contributed by atoms with Crippen LogP contribution in [0.3, 0.4) is 0 Å². The summed E-state index contributed by atoms with van der Waals surface area (Å²) >= 11 is 1.60. The van der Waals surface area contributed by atoms with Crippen molar-refractivity contribution in [3.63, 3.8) is 0 Å². The summed E-state index contributed by atoms with van der Waals surface area (Å²) in [6, 6.07) is 13.8. The van der Waals surface area contributed by atoms with Crippen LogP contribution in [0.1, 0.15) is 11.1 Å². The highest BCUT2D eigenvalue weighted by Crippen LogP contribution is 2.41. The molecule has 5 aromatic rings. The molecule has 170 valence electrons. The number of nitrogen functional groups attached to an aromatic ring is 1. The quantitative estimate of drug-likeness (QED) is 0.346. The van der Waals surface area contributed by atoms with Crippen LogP contribution in [0.2, 0.25) is 0 Å². The van der Waals surface area contributed by atoms with Crippen LogP contribution in [-0.4, -0.2) is 32.8 Å². The minimum Gasteiger partial charge on any atom is -0.495 e. The number of aryl methyl sites for hydroxylation is 1. The van der Waals surface area contributed by atoms with Gasteiger partial charge in [0.1, 0.15) is 23.6 Å². The third kappa shape index (κ3) is 3.86. The van der Waals surface area contributed by atoms with E-state index in [-0.39, 0.29) is 5.91 Å². The van der Waals surface area contributed by atoms with Gasteiger partial charge in [-0.3, -0.25) is 4.79 Å². The molecule has 0 aliphatic heterocycles. The predicted octanol–water partition coefficient (Wildman–Crippen LogP) is 4.78. The molecule has 3 N–H and O–H groups in total. The van der Waals surface area contributed by atoms with Gasteiger partial charge in [-0.25, -0.2) is 14.6 Å². The van der Waals surface area contributed by atoms with E-state index in [1.54, 1.807) is 18.4 Å². The van der Waals surface area contributed by atoms with Gasteiger partial charge in [0, 0.05) is 5.69 Å². The van der Waals surface area contributed by atoms with Crippen LogP contribution in [0.15, 0.2) is 61.4 Å². The number of rotatable bonds is 6. The second-order valence-corrected chi connectivity index (χ2v) is 8.91. The van der Waals surface area contributed by atoms with E-state index in [9.17, 15) is 4.79 Å². The summed E-state index contributed by atoms with van der Waals surface area (Å²) in [6.07, 6.45) is 2.68. The number of fused-ring (bicyclic) bond motifs is 2. The molecule has 0 saturated heterocycles. The fourth-order valence-electron chi connectivity index (χ4n) is 3.96. The Bertz CT molecular complexity index is 1570. The normalized spacial score (nSPS) is 11.1. The molecule has 0 fully saturated rings. The van der Waals surface area contributed by atoms with E-state index in [4.69, 9.17) is 15.6 Å². The Kier molecular flexibility index (Phi) is 5.46. The molecular formula is C25H22N6O2S. The summed E-state index contributed by atoms with van der Waals surface area (Å²) < 4.78 is 8.46. The number of thiophene rings is 1. The largest absolute Gasteiger partial charge is 0.495 e. The fraction of sp³-hybridized carbons (Fsp3) is 0.120. The monoisotopic (exact) mass is 470 g/mol. The molecule has 2 aromatic carbocycles. The maximum atomic E-state index is 11.7. The standard InChI is InChI=1S/C25H22N6O2S/c1-4-20(32)29-17-7-5-6-15(10-17)12-31-25-21(24(26)27-13-28-25)22(30-31)19-11-16-8-14(2)9-18(33-3)23(16)34-19/h4-11,13H,1,12H2,2-3H3,(H,29,32)(H2,26,27,28). The number of benzene rings is 2. The van der Waals surface area contributed by atoms with Gasteiger partial charge in [0.25, 0.3) is 0 Å². The van der Waals surface area contributed by atoms with Crippen molar-refractivity contribution in [3.8, 4) is 16.3 Å². The number of hydrogen-bond acceptors (Lipinski definition) is 7. The molecule has 5 rings (SSSR count). The van der Waals surface area contributed by atoms with Crippen molar-refractivity contribution < 1.29 is 9.53 Å². The number of anilines is 2. The summed E-state index contributed by atoms with van der Waals surface area (Å²) in [5, 5.41) is 9.47. The Hall–Kier alpha value is -4.24. The third-order valence-electron chi connectivity index (χ3n) is 5.45. The maximum Gasteiger partial charge on any atom is 0.247 e. The first-order chi connectivity index (χ1) is 16.5. The number of carbonyl (C=O) groups excluding carboxylic acids is 1. The van der Waals surface area contributed by atoms with E-state index in [0.717, 1.165) is 37.5 Å². The van der Waals surface area contributed by atoms with Crippen molar-refractivity contribution in [2.45, 2.75) is 13.5 Å². The molecule has 34 heavy (non-hydrogen) atoms. The van der Waals surface area contributed by atoms with Crippen molar-refractivity contribution in [2.75, 3.05) is 18.2 Å². The van der Waals surface area contributed by atoms with Gasteiger partial charge < -0.3 is 15.8 Å². The smallest absolute Gasteiger partial charge is 0.247 e. The summed E-state index contributed by atoms with van der Waals surface area (Å²) in [4.78, 5) is 21.3. The molecule has 0 unspecified atom stereocenters. The van der Waals surface area contributed by atoms with Crippen molar-refractivity contribution in [1.82, 2.24) is 19.7 Å². The zero-order chi connectivity index (χ0) is 23.8. The molecule has 3 heterocycles. The second kappa shape index (κ2) is 8.60. The zero-order valence-corrected chi connectivity index (χ0v) is 19.5. The van der Waals surface area contributed by atoms with E-state index >= 15 is 0 Å². The first-order valence-electron chi connectivity index (χ1n) is 10.5. The number of nitrogens with two attached hydrogens (primary N) is 1. The van der Waals surface area contributed by atoms with Gasteiger partial charge in [-0.05, 0) is 53.8 Å². The second-order valence-electron chi connectivity index (χ2n) is 7.85. The molecule has 3 aromatic heterocycles. The van der Waals surface area contributed by atoms with Crippen LogP contribution in [0, 0.1) is 6.92 Å². The van der Waals surface area contributed by atoms with Gasteiger partial charge in [-0.15, -0.1) is 11.3 Å². The molecule has 8 nitrogen and oxygen atoms in total. The molecule has 0 saturated carbocycles. The van der Waals surface area contributed by atoms with E-state index in [0.29, 0.717) is 29.1 Å². The molecule has 0 aliphatic carbocycles. The number of ether oxygens (including phenoxy) is 1. The molecule has 9 heteroatoms. The van der Waals surface area contributed by atoms with Crippen molar-refractivity contribution in [3.05, 3.63) is 72.6 Å². The lowest BCUT2D eigenvalue weighted by Gasteiger charge is -2.07. The first kappa shape index (κ1) is 21.6. The molecule has 0 radical (unpaired) electrons. The number of hydrogen-bond donors (Lipinski definition) is 2. The van der Waals surface area contributed by atoms with Gasteiger partial charge in [-0.1, -0.05) is 24.8 Å². The number of carbonyl (C=O) groups is 1. The Morgan fingerprint density at radius 1 is 1.26 bits per heavy atom. The average Bonchev–Trinajstić information content (AvgIpc) is 3.41. The zero-order valence-electron chi connectivity index (χ0n) is 18.7. The van der Waals surface area contributed by atoms with Crippen molar-refractivity contribution in [2.24, 2.45) is 0 Å². The van der Waals surface area contributed by atoms with Crippen LogP contribution in [0.5, 0.6) is 5.75 Å². The minimum atomic E-state index is -0.264. The number of nitrogens with one attached hydrogen (secondary N) is 1. The maximum absolute atomic E-state index is 11.7. The first-order valence-corrected chi connectivity index (χ1v) is 11.4. The lowest BCUT2D eigenvalue weighted by Crippen LogP contribution is -2.08. The van der Waals surface area contributed by atoms with Gasteiger partial charge >= 0.3 is 0 Å². The van der Waals surface area contributed by atoms with Gasteiger partial charge in [0.2, 0.25) is 5.91 Å². The van der Waals surface area contributed by atoms with Crippen molar-refractivity contribution >= 4 is 49.9 Å². The number of aromatic nitrogens is 4. The molecule has 0 spiro atoms. The number of amides is 1. The Balaban J connectivity index is 1.61. The highest BCUT2D eigenvalue weighted by Gasteiger charge is 2.20. The third-order valence-corrected chi connectivity index (χ3v) is 6.62. The molecule has 1 amide bonds. The SMILES string of the molecule is C=CC(=O)Nc1cccc(Cn2nc(-c3cc4cc(C)cc(OC)c4s3)c3c(N)ncnc32)c1. The molecule has 0 atom stereocenters. The topological polar surface area (TPSA) is 108 Å². The van der Waals surface area contributed by atoms with Crippen LogP contribution >= 0.6 is 11.3 Å². The molecular weight excluding hydrogens is 448 g/mol. The van der Waals surface area contributed by atoms with E-state index in [1.165, 1.54) is 12.4 Å². The Morgan fingerprint density at radius 2 is 2.12 bits per heavy atom. The van der Waals surface area contributed by atoms with E-state index < -0.39 is 0 Å². The van der Waals surface area contributed by atoms with Gasteiger partial charge in [0.15, 0.2) is 5.65 Å². The Morgan fingerprint density at radius 3 is 2.91 bits per heavy atom. The number of methoxy groups -OCH3 is 1. The predicted molar refractivity (Wildman–Crippen MR) is 136 cm³/mol. The summed E-state index contributed by atoms with van der Waals surface area (Å²) in [6.45, 7) is 5.98. The number of nitrogens with zero attached hydrogens (tertiary/aromatic N) is 4. The molecule has 0 aliphatic rings. The fourth-order valence-corrected chi connectivity index (χ4v) is 5.08. The van der Waals surface area contributed by atoms with Crippen LogP contribution in [0.25, 0.3) is 31.7 Å². The van der Waals surface area contributed by atoms with Gasteiger partial charge in [0.05, 0.1) is 28.6 Å². The van der Waals surface area contributed by atoms with Crippen LogP contribution in [0.4, 0.5) is 11.5 Å². The van der Waals surface area contributed by atoms with E-state index in [1.807, 2.05) is 41.9 Å². The van der Waals surface area contributed by atoms with E-state index in [2.05, 4.69) is 34.0 Å². The minimum absolute atomic E-state index is 0.264.